The summed E-state index contributed by atoms with van der Waals surface area (Å²) in [5, 5.41) is 3.83. The molecule has 2 aromatic heterocycles. The minimum Gasteiger partial charge on any atom is -0.463 e. The summed E-state index contributed by atoms with van der Waals surface area (Å²) < 4.78 is 5.46. The van der Waals surface area contributed by atoms with Crippen molar-refractivity contribution in [2.75, 3.05) is 26.2 Å². The Balaban J connectivity index is 1.40. The molecular weight excluding hydrogens is 380 g/mol. The number of piperidine rings is 1. The van der Waals surface area contributed by atoms with Gasteiger partial charge in [-0.05, 0) is 56.6 Å². The fourth-order valence-electron chi connectivity index (χ4n) is 4.00. The number of primary amides is 1. The summed E-state index contributed by atoms with van der Waals surface area (Å²) in [6, 6.07) is 13.0. The Hall–Kier alpha value is -3.19. The van der Waals surface area contributed by atoms with Gasteiger partial charge in [0.1, 0.15) is 5.69 Å². The second-order valence-corrected chi connectivity index (χ2v) is 7.70. The lowest BCUT2D eigenvalue weighted by Gasteiger charge is -2.31. The first-order valence-corrected chi connectivity index (χ1v) is 10.4. The van der Waals surface area contributed by atoms with Gasteiger partial charge >= 0.3 is 0 Å². The third-order valence-corrected chi connectivity index (χ3v) is 5.58. The number of benzene rings is 1. The van der Waals surface area contributed by atoms with E-state index < -0.39 is 0 Å². The Morgan fingerprint density at radius 2 is 2.10 bits per heavy atom. The van der Waals surface area contributed by atoms with Gasteiger partial charge in [0.25, 0.3) is 5.91 Å². The monoisotopic (exact) mass is 406 g/mol. The van der Waals surface area contributed by atoms with Crippen molar-refractivity contribution in [2.45, 2.75) is 19.3 Å². The molecule has 1 saturated heterocycles. The van der Waals surface area contributed by atoms with E-state index in [4.69, 9.17) is 10.2 Å². The fraction of sp³-hybridized carbons (Fsp3) is 0.348. The molecule has 3 heterocycles. The van der Waals surface area contributed by atoms with Crippen LogP contribution in [0.25, 0.3) is 22.4 Å². The maximum Gasteiger partial charge on any atom is 0.252 e. The van der Waals surface area contributed by atoms with Crippen molar-refractivity contribution in [3.8, 4) is 11.5 Å². The van der Waals surface area contributed by atoms with Gasteiger partial charge in [0.15, 0.2) is 5.76 Å². The van der Waals surface area contributed by atoms with E-state index in [1.165, 1.54) is 0 Å². The second kappa shape index (κ2) is 9.09. The van der Waals surface area contributed by atoms with E-state index in [2.05, 4.69) is 15.2 Å². The lowest BCUT2D eigenvalue weighted by Crippen LogP contribution is -2.42. The molecule has 1 aromatic carbocycles. The lowest BCUT2D eigenvalue weighted by molar-refractivity contribution is -0.123. The number of carbonyl (C=O) groups excluding carboxylic acids is 2. The Labute approximate surface area is 175 Å². The summed E-state index contributed by atoms with van der Waals surface area (Å²) in [5.41, 5.74) is 7.42. The molecule has 1 atom stereocenters. The van der Waals surface area contributed by atoms with Gasteiger partial charge < -0.3 is 20.4 Å². The molecule has 1 fully saturated rings. The normalized spacial score (nSPS) is 17.1. The first-order chi connectivity index (χ1) is 14.6. The predicted octanol–water partition coefficient (Wildman–Crippen LogP) is 2.81. The minimum absolute atomic E-state index is 0.0588. The van der Waals surface area contributed by atoms with Crippen LogP contribution >= 0.6 is 0 Å². The van der Waals surface area contributed by atoms with Gasteiger partial charge in [0.2, 0.25) is 5.91 Å². The van der Waals surface area contributed by atoms with Crippen LogP contribution in [0.4, 0.5) is 0 Å². The highest BCUT2D eigenvalue weighted by molar-refractivity contribution is 6.07. The summed E-state index contributed by atoms with van der Waals surface area (Å²) in [5.74, 6) is 0.223. The van der Waals surface area contributed by atoms with Gasteiger partial charge in [0, 0.05) is 18.5 Å². The number of furan rings is 1. The summed E-state index contributed by atoms with van der Waals surface area (Å²) in [4.78, 5) is 31.2. The number of nitrogens with zero attached hydrogens (tertiary/aromatic N) is 2. The van der Waals surface area contributed by atoms with Gasteiger partial charge in [-0.25, -0.2) is 4.98 Å². The molecule has 7 heteroatoms. The number of hydrogen-bond donors (Lipinski definition) is 2. The van der Waals surface area contributed by atoms with Crippen LogP contribution in [0.2, 0.25) is 0 Å². The van der Waals surface area contributed by atoms with E-state index in [0.717, 1.165) is 43.3 Å². The Morgan fingerprint density at radius 3 is 2.90 bits per heavy atom. The SMILES string of the molecule is NC(=O)C1CCCN(CCCNC(=O)c2cc(-c3ccco3)nc3ccccc23)C1. The number of rotatable bonds is 7. The molecular formula is C23H26N4O3. The van der Waals surface area contributed by atoms with Gasteiger partial charge in [-0.3, -0.25) is 9.59 Å². The molecule has 3 aromatic rings. The van der Waals surface area contributed by atoms with Crippen LogP contribution in [0.15, 0.2) is 53.1 Å². The van der Waals surface area contributed by atoms with Crippen LogP contribution in [0.3, 0.4) is 0 Å². The van der Waals surface area contributed by atoms with Crippen LogP contribution < -0.4 is 11.1 Å². The number of likely N-dealkylation sites (tertiary alicyclic amines) is 1. The maximum atomic E-state index is 12.9. The number of carbonyl (C=O) groups is 2. The zero-order valence-corrected chi connectivity index (χ0v) is 16.8. The highest BCUT2D eigenvalue weighted by Gasteiger charge is 2.23. The van der Waals surface area contributed by atoms with Crippen molar-refractivity contribution >= 4 is 22.7 Å². The molecule has 1 unspecified atom stereocenters. The van der Waals surface area contributed by atoms with Crippen molar-refractivity contribution in [3.63, 3.8) is 0 Å². The molecule has 156 valence electrons. The molecule has 30 heavy (non-hydrogen) atoms. The number of aromatic nitrogens is 1. The summed E-state index contributed by atoms with van der Waals surface area (Å²) in [6.07, 6.45) is 4.26. The molecule has 0 spiro atoms. The number of amides is 2. The Kier molecular flexibility index (Phi) is 6.09. The van der Waals surface area contributed by atoms with Crippen LogP contribution in [0.1, 0.15) is 29.6 Å². The molecule has 0 bridgehead atoms. The fourth-order valence-corrected chi connectivity index (χ4v) is 4.00. The van der Waals surface area contributed by atoms with E-state index >= 15 is 0 Å². The Bertz CT molecular complexity index is 1030. The maximum absolute atomic E-state index is 12.9. The van der Waals surface area contributed by atoms with Crippen LogP contribution in [-0.4, -0.2) is 47.9 Å². The third kappa shape index (κ3) is 4.52. The van der Waals surface area contributed by atoms with E-state index in [1.807, 2.05) is 30.3 Å². The minimum atomic E-state index is -0.218. The average Bonchev–Trinajstić information content (AvgIpc) is 3.31. The van der Waals surface area contributed by atoms with E-state index in [9.17, 15) is 9.59 Å². The first-order valence-electron chi connectivity index (χ1n) is 10.4. The summed E-state index contributed by atoms with van der Waals surface area (Å²) >= 11 is 0. The number of nitrogens with one attached hydrogen (secondary N) is 1. The summed E-state index contributed by atoms with van der Waals surface area (Å²) in [7, 11) is 0. The third-order valence-electron chi connectivity index (χ3n) is 5.58. The van der Waals surface area contributed by atoms with Crippen molar-refractivity contribution in [1.82, 2.24) is 15.2 Å². The molecule has 0 aliphatic carbocycles. The quantitative estimate of drug-likeness (QED) is 0.588. The molecule has 0 saturated carbocycles. The van der Waals surface area contributed by atoms with Gasteiger partial charge in [-0.1, -0.05) is 18.2 Å². The molecule has 0 radical (unpaired) electrons. The van der Waals surface area contributed by atoms with Crippen LogP contribution in [0, 0.1) is 5.92 Å². The molecule has 1 aliphatic heterocycles. The van der Waals surface area contributed by atoms with E-state index in [1.54, 1.807) is 18.4 Å². The zero-order valence-electron chi connectivity index (χ0n) is 16.8. The number of hydrogen-bond acceptors (Lipinski definition) is 5. The topological polar surface area (TPSA) is 101 Å². The number of fused-ring (bicyclic) bond motifs is 1. The van der Waals surface area contributed by atoms with Crippen molar-refractivity contribution < 1.29 is 14.0 Å². The number of pyridine rings is 1. The Morgan fingerprint density at radius 1 is 1.23 bits per heavy atom. The second-order valence-electron chi connectivity index (χ2n) is 7.70. The van der Waals surface area contributed by atoms with E-state index in [0.29, 0.717) is 30.1 Å². The number of nitrogens with two attached hydrogens (primary N) is 1. The molecule has 7 nitrogen and oxygen atoms in total. The van der Waals surface area contributed by atoms with Crippen molar-refractivity contribution in [2.24, 2.45) is 11.7 Å². The largest absolute Gasteiger partial charge is 0.463 e. The van der Waals surface area contributed by atoms with Crippen LogP contribution in [-0.2, 0) is 4.79 Å². The predicted molar refractivity (Wildman–Crippen MR) is 115 cm³/mol. The number of para-hydroxylation sites is 1. The van der Waals surface area contributed by atoms with Crippen LogP contribution in [0.5, 0.6) is 0 Å². The van der Waals surface area contributed by atoms with Crippen molar-refractivity contribution in [3.05, 3.63) is 54.3 Å². The molecule has 1 aliphatic rings. The highest BCUT2D eigenvalue weighted by Crippen LogP contribution is 2.25. The smallest absolute Gasteiger partial charge is 0.252 e. The molecule has 3 N–H and O–H groups in total. The standard InChI is InChI=1S/C23H26N4O3/c24-22(28)16-6-3-11-27(15-16)12-5-10-25-23(29)18-14-20(21-9-4-13-30-21)26-19-8-2-1-7-17(18)19/h1-2,4,7-9,13-14,16H,3,5-6,10-12,15H2,(H2,24,28)(H,25,29). The molecule has 4 rings (SSSR count). The first kappa shape index (κ1) is 20.1. The summed E-state index contributed by atoms with van der Waals surface area (Å²) in [6.45, 7) is 3.08. The van der Waals surface area contributed by atoms with E-state index in [-0.39, 0.29) is 17.7 Å². The zero-order chi connectivity index (χ0) is 20.9. The molecule has 2 amide bonds. The van der Waals surface area contributed by atoms with Gasteiger partial charge in [-0.2, -0.15) is 0 Å². The average molecular weight is 406 g/mol. The van der Waals surface area contributed by atoms with Gasteiger partial charge in [-0.15, -0.1) is 0 Å². The van der Waals surface area contributed by atoms with Gasteiger partial charge in [0.05, 0.1) is 23.3 Å². The van der Waals surface area contributed by atoms with Crippen molar-refractivity contribution in [1.29, 1.82) is 0 Å². The lowest BCUT2D eigenvalue weighted by atomic mass is 9.97. The highest BCUT2D eigenvalue weighted by atomic mass is 16.3.